The van der Waals surface area contributed by atoms with E-state index >= 15 is 0 Å². The molecule has 3 rings (SSSR count). The van der Waals surface area contributed by atoms with Crippen LogP contribution in [0.4, 0.5) is 0 Å². The van der Waals surface area contributed by atoms with Crippen molar-refractivity contribution in [2.75, 3.05) is 19.8 Å². The molecule has 2 N–H and O–H groups in total. The fourth-order valence-corrected chi connectivity index (χ4v) is 3.24. The van der Waals surface area contributed by atoms with E-state index in [4.69, 9.17) is 4.74 Å². The Balaban J connectivity index is 1.94. The summed E-state index contributed by atoms with van der Waals surface area (Å²) in [5.41, 5.74) is 3.61. The molecule has 1 aliphatic rings. The van der Waals surface area contributed by atoms with Gasteiger partial charge in [0.2, 0.25) is 0 Å². The lowest BCUT2D eigenvalue weighted by Crippen LogP contribution is -2.46. The summed E-state index contributed by atoms with van der Waals surface area (Å²) in [6.45, 7) is 4.87. The van der Waals surface area contributed by atoms with Gasteiger partial charge in [0.05, 0.1) is 0 Å². The van der Waals surface area contributed by atoms with Crippen LogP contribution in [0, 0.1) is 13.8 Å². The van der Waals surface area contributed by atoms with Crippen LogP contribution in [0.2, 0.25) is 0 Å². The third kappa shape index (κ3) is 3.14. The number of hydrogen-bond acceptors (Lipinski definition) is 3. The number of rotatable bonds is 4. The van der Waals surface area contributed by atoms with Gasteiger partial charge in [0.1, 0.15) is 12.2 Å². The number of carbonyl (C=O) groups excluding carboxylic acids is 1. The molecule has 6 heteroatoms. The van der Waals surface area contributed by atoms with Crippen molar-refractivity contribution in [3.8, 4) is 0 Å². The van der Waals surface area contributed by atoms with Crippen LogP contribution in [0.5, 0.6) is 0 Å². The maximum Gasteiger partial charge on any atom is 0.323 e. The highest BCUT2D eigenvalue weighted by molar-refractivity contribution is 6.00. The minimum atomic E-state index is -1.00. The van der Waals surface area contributed by atoms with Crippen LogP contribution < -0.4 is 0 Å². The molecule has 0 aliphatic carbocycles. The molecule has 1 saturated heterocycles. The van der Waals surface area contributed by atoms with Crippen LogP contribution in [-0.4, -0.2) is 52.7 Å². The lowest BCUT2D eigenvalue weighted by atomic mass is 10.1. The molecular weight excluding hydrogens is 308 g/mol. The van der Waals surface area contributed by atoms with Gasteiger partial charge in [-0.15, -0.1) is 0 Å². The van der Waals surface area contributed by atoms with E-state index in [1.165, 1.54) is 4.90 Å². The number of hydrogen-bond donors (Lipinski definition) is 2. The number of aromatic amines is 1. The topological polar surface area (TPSA) is 82.6 Å². The summed E-state index contributed by atoms with van der Waals surface area (Å²) in [7, 11) is 0. The maximum absolute atomic E-state index is 12.9. The van der Waals surface area contributed by atoms with Crippen molar-refractivity contribution >= 4 is 22.8 Å². The second kappa shape index (κ2) is 6.65. The van der Waals surface area contributed by atoms with Gasteiger partial charge in [-0.2, -0.15) is 0 Å². The highest BCUT2D eigenvalue weighted by atomic mass is 16.5. The summed E-state index contributed by atoms with van der Waals surface area (Å²) in [5, 5.41) is 10.2. The van der Waals surface area contributed by atoms with Gasteiger partial charge >= 0.3 is 5.97 Å². The number of carbonyl (C=O) groups is 2. The summed E-state index contributed by atoms with van der Waals surface area (Å²) in [6, 6.07) is 5.69. The largest absolute Gasteiger partial charge is 0.480 e. The number of aromatic nitrogens is 1. The van der Waals surface area contributed by atoms with Crippen molar-refractivity contribution in [3.63, 3.8) is 0 Å². The first-order chi connectivity index (χ1) is 11.5. The Morgan fingerprint density at radius 1 is 1.29 bits per heavy atom. The second-order valence-electron chi connectivity index (χ2n) is 6.32. The number of H-pyrrole nitrogens is 1. The normalized spacial score (nSPS) is 15.6. The van der Waals surface area contributed by atoms with Crippen molar-refractivity contribution in [1.29, 1.82) is 0 Å². The molecule has 2 heterocycles. The van der Waals surface area contributed by atoms with Gasteiger partial charge in [0, 0.05) is 30.2 Å². The minimum Gasteiger partial charge on any atom is -0.480 e. The summed E-state index contributed by atoms with van der Waals surface area (Å²) < 4.78 is 5.32. The number of aryl methyl sites for hydroxylation is 2. The van der Waals surface area contributed by atoms with Crippen LogP contribution in [0.1, 0.15) is 34.5 Å². The Hall–Kier alpha value is -2.34. The maximum atomic E-state index is 12.9. The van der Waals surface area contributed by atoms with E-state index in [1.807, 2.05) is 32.0 Å². The molecule has 128 valence electrons. The van der Waals surface area contributed by atoms with Gasteiger partial charge in [-0.25, -0.2) is 0 Å². The third-order valence-electron chi connectivity index (χ3n) is 4.77. The summed E-state index contributed by atoms with van der Waals surface area (Å²) in [5.74, 6) is -1.27. The lowest BCUT2D eigenvalue weighted by Gasteiger charge is -2.32. The minimum absolute atomic E-state index is 0.100. The molecule has 1 aliphatic heterocycles. The fraction of sp³-hybridized carbons (Fsp3) is 0.444. The molecular formula is C18H22N2O4. The molecule has 6 nitrogen and oxygen atoms in total. The van der Waals surface area contributed by atoms with Crippen molar-refractivity contribution in [3.05, 3.63) is 35.0 Å². The first-order valence-corrected chi connectivity index (χ1v) is 8.17. The molecule has 0 spiro atoms. The standard InChI is InChI=1S/C18H22N2O4/c1-11-3-4-15-14(12(11)2)9-16(19-15)18(23)20(10-17(21)22)13-5-7-24-8-6-13/h3-4,9,13,19H,5-8,10H2,1-2H3,(H,21,22). The average Bonchev–Trinajstić information content (AvgIpc) is 3.01. The number of carboxylic acids is 1. The van der Waals surface area contributed by atoms with E-state index in [-0.39, 0.29) is 18.5 Å². The molecule has 1 aromatic heterocycles. The smallest absolute Gasteiger partial charge is 0.323 e. The van der Waals surface area contributed by atoms with Gasteiger partial charge in [-0.05, 0) is 49.9 Å². The zero-order chi connectivity index (χ0) is 17.3. The zero-order valence-electron chi connectivity index (χ0n) is 14.0. The molecule has 0 saturated carbocycles. The average molecular weight is 330 g/mol. The molecule has 1 amide bonds. The molecule has 2 aromatic rings. The van der Waals surface area contributed by atoms with Crippen molar-refractivity contribution in [2.24, 2.45) is 0 Å². The Bertz CT molecular complexity index is 775. The number of nitrogens with zero attached hydrogens (tertiary/aromatic N) is 1. The molecule has 1 fully saturated rings. The summed E-state index contributed by atoms with van der Waals surface area (Å²) in [6.07, 6.45) is 1.33. The van der Waals surface area contributed by atoms with Gasteiger partial charge in [-0.3, -0.25) is 9.59 Å². The highest BCUT2D eigenvalue weighted by Crippen LogP contribution is 2.24. The van der Waals surface area contributed by atoms with Gasteiger partial charge in [-0.1, -0.05) is 6.07 Å². The molecule has 0 atom stereocenters. The number of ether oxygens (including phenoxy) is 1. The van der Waals surface area contributed by atoms with Crippen molar-refractivity contribution < 1.29 is 19.4 Å². The van der Waals surface area contributed by atoms with Crippen LogP contribution in [0.15, 0.2) is 18.2 Å². The van der Waals surface area contributed by atoms with Crippen LogP contribution in [0.25, 0.3) is 10.9 Å². The van der Waals surface area contributed by atoms with E-state index in [1.54, 1.807) is 0 Å². The Kier molecular flexibility index (Phi) is 4.57. The fourth-order valence-electron chi connectivity index (χ4n) is 3.24. The number of nitrogens with one attached hydrogen (secondary N) is 1. The van der Waals surface area contributed by atoms with Crippen LogP contribution in [-0.2, 0) is 9.53 Å². The zero-order valence-corrected chi connectivity index (χ0v) is 14.0. The van der Waals surface area contributed by atoms with E-state index in [2.05, 4.69) is 4.98 Å². The predicted molar refractivity (Wildman–Crippen MR) is 90.3 cm³/mol. The number of fused-ring (bicyclic) bond motifs is 1. The molecule has 0 radical (unpaired) electrons. The van der Waals surface area contributed by atoms with Gasteiger partial charge in [0.15, 0.2) is 0 Å². The molecule has 0 bridgehead atoms. The number of aliphatic carboxylic acids is 1. The second-order valence-corrected chi connectivity index (χ2v) is 6.32. The van der Waals surface area contributed by atoms with E-state index in [0.29, 0.717) is 31.7 Å². The van der Waals surface area contributed by atoms with Crippen LogP contribution >= 0.6 is 0 Å². The number of benzene rings is 1. The number of amides is 1. The lowest BCUT2D eigenvalue weighted by molar-refractivity contribution is -0.138. The molecule has 1 aromatic carbocycles. The van der Waals surface area contributed by atoms with E-state index in [0.717, 1.165) is 22.0 Å². The monoisotopic (exact) mass is 330 g/mol. The summed E-state index contributed by atoms with van der Waals surface area (Å²) >= 11 is 0. The van der Waals surface area contributed by atoms with E-state index in [9.17, 15) is 14.7 Å². The Labute approximate surface area is 140 Å². The van der Waals surface area contributed by atoms with Crippen molar-refractivity contribution in [1.82, 2.24) is 9.88 Å². The van der Waals surface area contributed by atoms with Crippen molar-refractivity contribution in [2.45, 2.75) is 32.7 Å². The molecule has 0 unspecified atom stereocenters. The SMILES string of the molecule is Cc1ccc2[nH]c(C(=O)N(CC(=O)O)C3CCOCC3)cc2c1C. The Morgan fingerprint density at radius 2 is 2.00 bits per heavy atom. The number of carboxylic acid groups (broad SMARTS) is 1. The summed E-state index contributed by atoms with van der Waals surface area (Å²) in [4.78, 5) is 28.8. The third-order valence-corrected chi connectivity index (χ3v) is 4.77. The highest BCUT2D eigenvalue weighted by Gasteiger charge is 2.29. The van der Waals surface area contributed by atoms with Gasteiger partial charge < -0.3 is 19.7 Å². The van der Waals surface area contributed by atoms with Crippen LogP contribution in [0.3, 0.4) is 0 Å². The Morgan fingerprint density at radius 3 is 2.67 bits per heavy atom. The van der Waals surface area contributed by atoms with Gasteiger partial charge in [0.25, 0.3) is 5.91 Å². The van der Waals surface area contributed by atoms with E-state index < -0.39 is 5.97 Å². The first-order valence-electron chi connectivity index (χ1n) is 8.17. The predicted octanol–water partition coefficient (Wildman–Crippen LogP) is 2.49. The first kappa shape index (κ1) is 16.5. The molecule has 24 heavy (non-hydrogen) atoms. The quantitative estimate of drug-likeness (QED) is 0.902.